The summed E-state index contributed by atoms with van der Waals surface area (Å²) in [7, 11) is 1.62. The Morgan fingerprint density at radius 1 is 1.59 bits per heavy atom. The Morgan fingerprint density at radius 3 is 2.94 bits per heavy atom. The number of anilines is 1. The van der Waals surface area contributed by atoms with Crippen molar-refractivity contribution in [3.63, 3.8) is 0 Å². The number of carbonyl (C=O) groups excluding carboxylic acids is 1. The van der Waals surface area contributed by atoms with E-state index in [1.54, 1.807) is 12.0 Å². The normalized spacial score (nSPS) is 19.8. The molecule has 0 spiro atoms. The van der Waals surface area contributed by atoms with E-state index in [1.807, 2.05) is 18.2 Å². The summed E-state index contributed by atoms with van der Waals surface area (Å²) in [4.78, 5) is 13.7. The van der Waals surface area contributed by atoms with Crippen LogP contribution in [-0.2, 0) is 4.79 Å². The highest BCUT2D eigenvalue weighted by Gasteiger charge is 2.31. The van der Waals surface area contributed by atoms with E-state index in [4.69, 9.17) is 16.3 Å². The number of ether oxygens (including phenoxy) is 1. The van der Waals surface area contributed by atoms with E-state index >= 15 is 0 Å². The minimum absolute atomic E-state index is 0.121. The molecule has 1 aliphatic heterocycles. The number of carbonyl (C=O) groups is 1. The lowest BCUT2D eigenvalue weighted by Gasteiger charge is -2.19. The fraction of sp³-hybridized carbons (Fsp3) is 0.417. The molecule has 17 heavy (non-hydrogen) atoms. The van der Waals surface area contributed by atoms with Crippen LogP contribution in [0.25, 0.3) is 0 Å². The largest absolute Gasteiger partial charge is 0.495 e. The molecule has 2 rings (SSSR count). The van der Waals surface area contributed by atoms with Gasteiger partial charge in [-0.3, -0.25) is 4.79 Å². The predicted molar refractivity (Wildman–Crippen MR) is 76.9 cm³/mol. The maximum atomic E-state index is 11.9. The van der Waals surface area contributed by atoms with Gasteiger partial charge < -0.3 is 9.64 Å². The SMILES string of the molecule is COc1ccc(I)cc1N1CC(CCl)CC1=O. The number of alkyl halides is 1. The zero-order chi connectivity index (χ0) is 12.4. The first kappa shape index (κ1) is 13.0. The number of rotatable bonds is 3. The van der Waals surface area contributed by atoms with Gasteiger partial charge in [0.05, 0.1) is 12.8 Å². The second-order valence-corrected chi connectivity index (χ2v) is 5.60. The summed E-state index contributed by atoms with van der Waals surface area (Å²) in [5, 5.41) is 0. The summed E-state index contributed by atoms with van der Waals surface area (Å²) < 4.78 is 6.38. The monoisotopic (exact) mass is 365 g/mol. The van der Waals surface area contributed by atoms with Crippen LogP contribution in [0, 0.1) is 9.49 Å². The fourth-order valence-corrected chi connectivity index (χ4v) is 2.67. The van der Waals surface area contributed by atoms with Crippen LogP contribution in [0.2, 0.25) is 0 Å². The van der Waals surface area contributed by atoms with Gasteiger partial charge in [0.15, 0.2) is 0 Å². The van der Waals surface area contributed by atoms with E-state index in [2.05, 4.69) is 22.6 Å². The molecule has 0 radical (unpaired) electrons. The zero-order valence-electron chi connectivity index (χ0n) is 9.45. The molecular formula is C12H13ClINO2. The van der Waals surface area contributed by atoms with Crippen molar-refractivity contribution in [2.24, 2.45) is 5.92 Å². The molecule has 1 saturated heterocycles. The molecule has 1 aliphatic rings. The molecule has 1 atom stereocenters. The van der Waals surface area contributed by atoms with Crippen LogP contribution in [0.5, 0.6) is 5.75 Å². The second kappa shape index (κ2) is 5.44. The number of amides is 1. The fourth-order valence-electron chi connectivity index (χ4n) is 1.99. The van der Waals surface area contributed by atoms with Crippen LogP contribution in [-0.4, -0.2) is 25.4 Å². The highest BCUT2D eigenvalue weighted by Crippen LogP contribution is 2.34. The van der Waals surface area contributed by atoms with Crippen molar-refractivity contribution in [1.82, 2.24) is 0 Å². The average Bonchev–Trinajstić information content (AvgIpc) is 2.70. The van der Waals surface area contributed by atoms with Crippen molar-refractivity contribution in [2.45, 2.75) is 6.42 Å². The maximum Gasteiger partial charge on any atom is 0.227 e. The topological polar surface area (TPSA) is 29.5 Å². The molecular weight excluding hydrogens is 352 g/mol. The number of hydrogen-bond donors (Lipinski definition) is 0. The van der Waals surface area contributed by atoms with Crippen molar-refractivity contribution in [2.75, 3.05) is 24.4 Å². The predicted octanol–water partition coefficient (Wildman–Crippen LogP) is 2.89. The van der Waals surface area contributed by atoms with E-state index in [9.17, 15) is 4.79 Å². The van der Waals surface area contributed by atoms with Crippen molar-refractivity contribution >= 4 is 45.8 Å². The lowest BCUT2D eigenvalue weighted by atomic mass is 10.1. The zero-order valence-corrected chi connectivity index (χ0v) is 12.4. The summed E-state index contributed by atoms with van der Waals surface area (Å²) in [6.07, 6.45) is 0.526. The van der Waals surface area contributed by atoms with Crippen LogP contribution < -0.4 is 9.64 Å². The smallest absolute Gasteiger partial charge is 0.227 e. The van der Waals surface area contributed by atoms with E-state index in [-0.39, 0.29) is 11.8 Å². The van der Waals surface area contributed by atoms with Gasteiger partial charge in [0, 0.05) is 22.4 Å². The van der Waals surface area contributed by atoms with Crippen molar-refractivity contribution < 1.29 is 9.53 Å². The van der Waals surface area contributed by atoms with Gasteiger partial charge in [-0.05, 0) is 46.7 Å². The van der Waals surface area contributed by atoms with E-state index in [1.165, 1.54) is 0 Å². The molecule has 0 saturated carbocycles. The first-order valence-electron chi connectivity index (χ1n) is 5.35. The van der Waals surface area contributed by atoms with Crippen LogP contribution in [0.15, 0.2) is 18.2 Å². The Labute approximate surface area is 119 Å². The Morgan fingerprint density at radius 2 is 2.35 bits per heavy atom. The van der Waals surface area contributed by atoms with Crippen LogP contribution in [0.1, 0.15) is 6.42 Å². The number of nitrogens with zero attached hydrogens (tertiary/aromatic N) is 1. The molecule has 5 heteroatoms. The summed E-state index contributed by atoms with van der Waals surface area (Å²) in [5.74, 6) is 1.62. The highest BCUT2D eigenvalue weighted by atomic mass is 127. The third-order valence-electron chi connectivity index (χ3n) is 2.86. The van der Waals surface area contributed by atoms with Gasteiger partial charge in [-0.1, -0.05) is 0 Å². The van der Waals surface area contributed by atoms with Crippen LogP contribution in [0.4, 0.5) is 5.69 Å². The average molecular weight is 366 g/mol. The molecule has 1 unspecified atom stereocenters. The number of benzene rings is 1. The van der Waals surface area contributed by atoms with Crippen molar-refractivity contribution in [3.8, 4) is 5.75 Å². The third-order valence-corrected chi connectivity index (χ3v) is 3.96. The van der Waals surface area contributed by atoms with Crippen molar-refractivity contribution in [1.29, 1.82) is 0 Å². The van der Waals surface area contributed by atoms with E-state index in [0.717, 1.165) is 15.0 Å². The van der Waals surface area contributed by atoms with Crippen LogP contribution >= 0.6 is 34.2 Å². The third kappa shape index (κ3) is 2.68. The van der Waals surface area contributed by atoms with E-state index < -0.39 is 0 Å². The lowest BCUT2D eigenvalue weighted by molar-refractivity contribution is -0.117. The number of halogens is 2. The molecule has 3 nitrogen and oxygen atoms in total. The van der Waals surface area contributed by atoms with Crippen molar-refractivity contribution in [3.05, 3.63) is 21.8 Å². The second-order valence-electron chi connectivity index (χ2n) is 4.04. The molecule has 0 aromatic heterocycles. The maximum absolute atomic E-state index is 11.9. The minimum Gasteiger partial charge on any atom is -0.495 e. The molecule has 0 N–H and O–H groups in total. The standard InChI is InChI=1S/C12H13ClINO2/c1-17-11-3-2-9(14)5-10(11)15-7-8(6-13)4-12(15)16/h2-3,5,8H,4,6-7H2,1H3. The lowest BCUT2D eigenvalue weighted by Crippen LogP contribution is -2.25. The number of hydrogen-bond acceptors (Lipinski definition) is 2. The Bertz CT molecular complexity index is 439. The molecule has 1 fully saturated rings. The summed E-state index contributed by atoms with van der Waals surface area (Å²) in [5.41, 5.74) is 0.844. The van der Waals surface area contributed by atoms with Crippen LogP contribution in [0.3, 0.4) is 0 Å². The first-order valence-corrected chi connectivity index (χ1v) is 6.97. The quantitative estimate of drug-likeness (QED) is 0.609. The van der Waals surface area contributed by atoms with E-state index in [0.29, 0.717) is 18.8 Å². The van der Waals surface area contributed by atoms with Gasteiger partial charge >= 0.3 is 0 Å². The van der Waals surface area contributed by atoms with Gasteiger partial charge in [-0.2, -0.15) is 0 Å². The Hall–Kier alpha value is -0.490. The van der Waals surface area contributed by atoms with Gasteiger partial charge in [-0.15, -0.1) is 11.6 Å². The minimum atomic E-state index is 0.121. The molecule has 92 valence electrons. The molecule has 1 amide bonds. The molecule has 1 heterocycles. The number of methoxy groups -OCH3 is 1. The van der Waals surface area contributed by atoms with Gasteiger partial charge in [-0.25, -0.2) is 0 Å². The molecule has 0 aliphatic carbocycles. The Kier molecular flexibility index (Phi) is 4.14. The summed E-state index contributed by atoms with van der Waals surface area (Å²) in [6.45, 7) is 0.679. The van der Waals surface area contributed by atoms with Gasteiger partial charge in [0.1, 0.15) is 5.75 Å². The Balaban J connectivity index is 2.33. The summed E-state index contributed by atoms with van der Waals surface area (Å²) in [6, 6.07) is 5.81. The highest BCUT2D eigenvalue weighted by molar-refractivity contribution is 14.1. The summed E-state index contributed by atoms with van der Waals surface area (Å²) >= 11 is 8.05. The molecule has 1 aromatic rings. The van der Waals surface area contributed by atoms with Gasteiger partial charge in [0.25, 0.3) is 0 Å². The first-order chi connectivity index (χ1) is 8.15. The molecule has 1 aromatic carbocycles. The molecule has 0 bridgehead atoms. The van der Waals surface area contributed by atoms with Gasteiger partial charge in [0.2, 0.25) is 5.91 Å².